The number of carbonyl (C=O) groups excluding carboxylic acids is 2. The van der Waals surface area contributed by atoms with E-state index in [4.69, 9.17) is 0 Å². The van der Waals surface area contributed by atoms with Crippen LogP contribution >= 0.6 is 11.3 Å². The molecule has 0 saturated carbocycles. The van der Waals surface area contributed by atoms with Gasteiger partial charge in [0.1, 0.15) is 4.88 Å². The number of nitrogens with zero attached hydrogens (tertiary/aromatic N) is 2. The first-order valence-electron chi connectivity index (χ1n) is 4.32. The molecule has 1 aromatic rings. The van der Waals surface area contributed by atoms with Crippen molar-refractivity contribution in [3.8, 4) is 0 Å². The van der Waals surface area contributed by atoms with Crippen molar-refractivity contribution in [1.29, 1.82) is 0 Å². The second kappa shape index (κ2) is 3.85. The number of amides is 2. The van der Waals surface area contributed by atoms with Crippen molar-refractivity contribution in [3.63, 3.8) is 0 Å². The SMILES string of the molecule is COC(=O)c1cnc(N2CCNC2=O)s1. The van der Waals surface area contributed by atoms with Crippen LogP contribution < -0.4 is 10.2 Å². The Morgan fingerprint density at radius 1 is 1.73 bits per heavy atom. The molecule has 2 heterocycles. The molecule has 0 bridgehead atoms. The summed E-state index contributed by atoms with van der Waals surface area (Å²) in [6, 6.07) is -0.180. The van der Waals surface area contributed by atoms with Crippen molar-refractivity contribution in [3.05, 3.63) is 11.1 Å². The average molecular weight is 227 g/mol. The Balaban J connectivity index is 2.19. The first-order valence-corrected chi connectivity index (χ1v) is 5.13. The molecule has 0 atom stereocenters. The summed E-state index contributed by atoms with van der Waals surface area (Å²) in [5, 5.41) is 3.18. The number of esters is 1. The van der Waals surface area contributed by atoms with Gasteiger partial charge in [0.15, 0.2) is 5.13 Å². The molecule has 1 aliphatic heterocycles. The molecule has 6 nitrogen and oxygen atoms in total. The fraction of sp³-hybridized carbons (Fsp3) is 0.375. The van der Waals surface area contributed by atoms with Crippen LogP contribution in [0.3, 0.4) is 0 Å². The van der Waals surface area contributed by atoms with Crippen molar-refractivity contribution in [2.45, 2.75) is 0 Å². The zero-order chi connectivity index (χ0) is 10.8. The number of anilines is 1. The van der Waals surface area contributed by atoms with Crippen LogP contribution in [0, 0.1) is 0 Å². The molecule has 2 rings (SSSR count). The van der Waals surface area contributed by atoms with E-state index >= 15 is 0 Å². The summed E-state index contributed by atoms with van der Waals surface area (Å²) in [4.78, 5) is 28.3. The highest BCUT2D eigenvalue weighted by molar-refractivity contribution is 7.17. The summed E-state index contributed by atoms with van der Waals surface area (Å²) in [5.74, 6) is -0.432. The minimum absolute atomic E-state index is 0.180. The predicted octanol–water partition coefficient (Wildman–Crippen LogP) is 0.459. The zero-order valence-corrected chi connectivity index (χ0v) is 8.84. The van der Waals surface area contributed by atoms with E-state index < -0.39 is 5.97 Å². The maximum atomic E-state index is 11.3. The highest BCUT2D eigenvalue weighted by Crippen LogP contribution is 2.23. The number of carbonyl (C=O) groups is 2. The smallest absolute Gasteiger partial charge is 0.349 e. The van der Waals surface area contributed by atoms with Crippen LogP contribution in [0.5, 0.6) is 0 Å². The largest absolute Gasteiger partial charge is 0.465 e. The molecule has 15 heavy (non-hydrogen) atoms. The van der Waals surface area contributed by atoms with Gasteiger partial charge < -0.3 is 10.1 Å². The molecule has 80 valence electrons. The Kier molecular flexibility index (Phi) is 2.55. The van der Waals surface area contributed by atoms with Gasteiger partial charge in [-0.25, -0.2) is 14.6 Å². The van der Waals surface area contributed by atoms with Crippen molar-refractivity contribution < 1.29 is 14.3 Å². The second-order valence-corrected chi connectivity index (χ2v) is 3.89. The molecule has 0 unspecified atom stereocenters. The highest BCUT2D eigenvalue weighted by Gasteiger charge is 2.24. The van der Waals surface area contributed by atoms with E-state index in [9.17, 15) is 9.59 Å². The van der Waals surface area contributed by atoms with E-state index in [2.05, 4.69) is 15.0 Å². The number of aromatic nitrogens is 1. The Labute approximate surface area is 89.9 Å². The normalized spacial score (nSPS) is 15.3. The Morgan fingerprint density at radius 2 is 2.53 bits per heavy atom. The van der Waals surface area contributed by atoms with Gasteiger partial charge in [-0.15, -0.1) is 0 Å². The fourth-order valence-corrected chi connectivity index (χ4v) is 2.10. The third-order valence-electron chi connectivity index (χ3n) is 1.97. The monoisotopic (exact) mass is 227 g/mol. The Hall–Kier alpha value is -1.63. The molecule has 7 heteroatoms. The molecular weight excluding hydrogens is 218 g/mol. The summed E-state index contributed by atoms with van der Waals surface area (Å²) in [6.07, 6.45) is 1.41. The van der Waals surface area contributed by atoms with E-state index in [0.717, 1.165) is 11.3 Å². The summed E-state index contributed by atoms with van der Waals surface area (Å²) in [6.45, 7) is 1.18. The van der Waals surface area contributed by atoms with Crippen LogP contribution in [-0.4, -0.2) is 37.2 Å². The van der Waals surface area contributed by atoms with Crippen LogP contribution in [0.2, 0.25) is 0 Å². The molecule has 1 fully saturated rings. The van der Waals surface area contributed by atoms with Crippen molar-refractivity contribution in [1.82, 2.24) is 10.3 Å². The van der Waals surface area contributed by atoms with Crippen LogP contribution in [0.15, 0.2) is 6.20 Å². The quantitative estimate of drug-likeness (QED) is 0.745. The van der Waals surface area contributed by atoms with Gasteiger partial charge in [-0.3, -0.25) is 4.90 Å². The van der Waals surface area contributed by atoms with Gasteiger partial charge >= 0.3 is 12.0 Å². The third-order valence-corrected chi connectivity index (χ3v) is 2.97. The summed E-state index contributed by atoms with van der Waals surface area (Å²) in [5.41, 5.74) is 0. The number of thiazole rings is 1. The Bertz CT molecular complexity index is 404. The van der Waals surface area contributed by atoms with Gasteiger partial charge in [0.05, 0.1) is 13.3 Å². The first-order chi connectivity index (χ1) is 7.22. The standard InChI is InChI=1S/C8H9N3O3S/c1-14-6(12)5-4-10-8(15-5)11-3-2-9-7(11)13/h4H,2-3H2,1H3,(H,9,13). The van der Waals surface area contributed by atoms with Crippen LogP contribution in [0.4, 0.5) is 9.93 Å². The van der Waals surface area contributed by atoms with E-state index in [-0.39, 0.29) is 6.03 Å². The lowest BCUT2D eigenvalue weighted by Crippen LogP contribution is -2.27. The number of rotatable bonds is 2. The minimum Gasteiger partial charge on any atom is -0.465 e. The third kappa shape index (κ3) is 1.78. The van der Waals surface area contributed by atoms with E-state index in [1.807, 2.05) is 0 Å². The van der Waals surface area contributed by atoms with Gasteiger partial charge in [0.25, 0.3) is 0 Å². The first kappa shape index (κ1) is 9.91. The number of nitrogens with one attached hydrogen (secondary N) is 1. The molecule has 0 aromatic carbocycles. The summed E-state index contributed by atoms with van der Waals surface area (Å²) < 4.78 is 4.55. The van der Waals surface area contributed by atoms with Gasteiger partial charge in [-0.05, 0) is 0 Å². The van der Waals surface area contributed by atoms with Crippen molar-refractivity contribution in [2.75, 3.05) is 25.1 Å². The van der Waals surface area contributed by atoms with Crippen molar-refractivity contribution in [2.24, 2.45) is 0 Å². The topological polar surface area (TPSA) is 71.5 Å². The van der Waals surface area contributed by atoms with E-state index in [1.165, 1.54) is 18.2 Å². The number of methoxy groups -OCH3 is 1. The lowest BCUT2D eigenvalue weighted by molar-refractivity contribution is 0.0606. The van der Waals surface area contributed by atoms with Crippen molar-refractivity contribution >= 4 is 28.5 Å². The second-order valence-electron chi connectivity index (χ2n) is 2.88. The highest BCUT2D eigenvalue weighted by atomic mass is 32.1. The molecule has 1 saturated heterocycles. The van der Waals surface area contributed by atoms with Crippen LogP contribution in [0.25, 0.3) is 0 Å². The lowest BCUT2D eigenvalue weighted by atomic mass is 10.6. The van der Waals surface area contributed by atoms with Gasteiger partial charge in [0.2, 0.25) is 0 Å². The van der Waals surface area contributed by atoms with Crippen LogP contribution in [0.1, 0.15) is 9.67 Å². The molecule has 1 N–H and O–H groups in total. The minimum atomic E-state index is -0.432. The van der Waals surface area contributed by atoms with Gasteiger partial charge in [-0.1, -0.05) is 11.3 Å². The molecule has 1 aliphatic rings. The molecule has 0 spiro atoms. The average Bonchev–Trinajstić information content (AvgIpc) is 2.84. The maximum absolute atomic E-state index is 11.3. The molecule has 1 aromatic heterocycles. The summed E-state index contributed by atoms with van der Waals surface area (Å²) >= 11 is 1.15. The zero-order valence-electron chi connectivity index (χ0n) is 8.02. The molecule has 0 radical (unpaired) electrons. The number of hydrogen-bond acceptors (Lipinski definition) is 5. The fourth-order valence-electron chi connectivity index (χ4n) is 1.24. The van der Waals surface area contributed by atoms with Gasteiger partial charge in [0, 0.05) is 13.1 Å². The predicted molar refractivity (Wildman–Crippen MR) is 54.2 cm³/mol. The van der Waals surface area contributed by atoms with Crippen LogP contribution in [-0.2, 0) is 4.74 Å². The number of urea groups is 1. The van der Waals surface area contributed by atoms with E-state index in [0.29, 0.717) is 23.1 Å². The lowest BCUT2D eigenvalue weighted by Gasteiger charge is -2.08. The molecule has 0 aliphatic carbocycles. The molecule has 2 amide bonds. The number of ether oxygens (including phenoxy) is 1. The maximum Gasteiger partial charge on any atom is 0.349 e. The summed E-state index contributed by atoms with van der Waals surface area (Å²) in [7, 11) is 1.31. The van der Waals surface area contributed by atoms with E-state index in [1.54, 1.807) is 0 Å². The Morgan fingerprint density at radius 3 is 3.13 bits per heavy atom. The van der Waals surface area contributed by atoms with Gasteiger partial charge in [-0.2, -0.15) is 0 Å². The molecular formula is C8H9N3O3S. The number of hydrogen-bond donors (Lipinski definition) is 1.